The van der Waals surface area contributed by atoms with Gasteiger partial charge in [-0.05, 0) is 82.7 Å². The van der Waals surface area contributed by atoms with Crippen LogP contribution in [0.1, 0.15) is 43.5 Å². The number of rotatable bonds is 6. The Hall–Kier alpha value is -3.73. The number of anilines is 2. The fourth-order valence-corrected chi connectivity index (χ4v) is 5.74. The maximum Gasteiger partial charge on any atom is 0.418 e. The van der Waals surface area contributed by atoms with Gasteiger partial charge in [-0.1, -0.05) is 6.07 Å². The molecule has 5 rings (SSSR count). The molecule has 42 heavy (non-hydrogen) atoms. The Bertz CT molecular complexity index is 1480. The third-order valence-electron chi connectivity index (χ3n) is 7.87. The molecule has 2 aliphatic heterocycles. The second-order valence-electron chi connectivity index (χ2n) is 11.3. The average Bonchev–Trinajstić information content (AvgIpc) is 2.92. The third kappa shape index (κ3) is 5.92. The van der Waals surface area contributed by atoms with E-state index in [4.69, 9.17) is 4.74 Å². The van der Waals surface area contributed by atoms with E-state index < -0.39 is 35.0 Å². The van der Waals surface area contributed by atoms with E-state index in [0.717, 1.165) is 38.1 Å². The van der Waals surface area contributed by atoms with E-state index in [1.807, 2.05) is 19.0 Å². The summed E-state index contributed by atoms with van der Waals surface area (Å²) in [4.78, 5) is 22.2. The van der Waals surface area contributed by atoms with Crippen molar-refractivity contribution in [3.63, 3.8) is 0 Å². The minimum Gasteiger partial charge on any atom is -0.478 e. The van der Waals surface area contributed by atoms with Crippen molar-refractivity contribution in [2.75, 3.05) is 43.6 Å². The van der Waals surface area contributed by atoms with Crippen molar-refractivity contribution in [3.05, 3.63) is 70.9 Å². The highest BCUT2D eigenvalue weighted by Gasteiger charge is 2.36. The molecule has 6 nitrogen and oxygen atoms in total. The van der Waals surface area contributed by atoms with Gasteiger partial charge in [0.1, 0.15) is 5.82 Å². The molecule has 1 aromatic heterocycles. The highest BCUT2D eigenvalue weighted by Crippen LogP contribution is 2.42. The summed E-state index contributed by atoms with van der Waals surface area (Å²) < 4.78 is 77.8. The van der Waals surface area contributed by atoms with Crippen molar-refractivity contribution in [2.45, 2.75) is 51.4 Å². The molecule has 0 bridgehead atoms. The molecular weight excluding hydrogens is 555 g/mol. The first-order valence-corrected chi connectivity index (χ1v) is 13.9. The highest BCUT2D eigenvalue weighted by atomic mass is 19.4. The summed E-state index contributed by atoms with van der Waals surface area (Å²) in [5, 5.41) is 0. The predicted octanol–water partition coefficient (Wildman–Crippen LogP) is 6.30. The largest absolute Gasteiger partial charge is 0.478 e. The van der Waals surface area contributed by atoms with Crippen molar-refractivity contribution in [1.82, 2.24) is 9.88 Å². The topological polar surface area (TPSA) is 48.9 Å². The SMILES string of the molecule is CC(C)N1C(=O)COc2c(F)cc(-c3nc(Cc4ccc(N5CCC(N(C)C)CC5)c(F)c4)ccc3C(F)(F)F)cc21. The molecular formula is C31H33F5N4O2. The minimum absolute atomic E-state index is 0.0452. The van der Waals surface area contributed by atoms with Crippen LogP contribution in [-0.2, 0) is 17.4 Å². The number of hydrogen-bond acceptors (Lipinski definition) is 5. The smallest absolute Gasteiger partial charge is 0.418 e. The summed E-state index contributed by atoms with van der Waals surface area (Å²) in [5.74, 6) is -1.93. The number of carbonyl (C=O) groups is 1. The van der Waals surface area contributed by atoms with Gasteiger partial charge in [-0.15, -0.1) is 0 Å². The molecule has 0 N–H and O–H groups in total. The van der Waals surface area contributed by atoms with Crippen LogP contribution in [0.5, 0.6) is 5.75 Å². The van der Waals surface area contributed by atoms with Crippen LogP contribution in [0.3, 0.4) is 0 Å². The van der Waals surface area contributed by atoms with Gasteiger partial charge in [-0.25, -0.2) is 8.78 Å². The number of pyridine rings is 1. The number of fused-ring (bicyclic) bond motifs is 1. The van der Waals surface area contributed by atoms with Crippen molar-refractivity contribution >= 4 is 17.3 Å². The Kier molecular flexibility index (Phi) is 8.15. The molecule has 1 fully saturated rings. The number of alkyl halides is 3. The van der Waals surface area contributed by atoms with Gasteiger partial charge in [0, 0.05) is 42.9 Å². The Morgan fingerprint density at radius 3 is 2.33 bits per heavy atom. The van der Waals surface area contributed by atoms with Gasteiger partial charge in [0.2, 0.25) is 0 Å². The Morgan fingerprint density at radius 2 is 1.71 bits per heavy atom. The van der Waals surface area contributed by atoms with Crippen LogP contribution in [0.2, 0.25) is 0 Å². The van der Waals surface area contributed by atoms with Gasteiger partial charge in [0.15, 0.2) is 18.2 Å². The van der Waals surface area contributed by atoms with E-state index in [0.29, 0.717) is 17.3 Å². The predicted molar refractivity (Wildman–Crippen MR) is 151 cm³/mol. The molecule has 2 aromatic carbocycles. The number of benzene rings is 2. The third-order valence-corrected chi connectivity index (χ3v) is 7.87. The van der Waals surface area contributed by atoms with Crippen molar-refractivity contribution in [3.8, 4) is 17.0 Å². The van der Waals surface area contributed by atoms with Crippen molar-refractivity contribution in [1.29, 1.82) is 0 Å². The average molecular weight is 589 g/mol. The first-order valence-electron chi connectivity index (χ1n) is 13.9. The lowest BCUT2D eigenvalue weighted by molar-refractivity contribution is -0.137. The summed E-state index contributed by atoms with van der Waals surface area (Å²) in [5.41, 5.74) is -0.344. The number of ether oxygens (including phenoxy) is 1. The molecule has 0 spiro atoms. The van der Waals surface area contributed by atoms with Crippen LogP contribution >= 0.6 is 0 Å². The zero-order valence-electron chi connectivity index (χ0n) is 23.9. The highest BCUT2D eigenvalue weighted by molar-refractivity contribution is 5.99. The van der Waals surface area contributed by atoms with Crippen LogP contribution in [0.25, 0.3) is 11.3 Å². The molecule has 1 saturated heterocycles. The van der Waals surface area contributed by atoms with Crippen LogP contribution < -0.4 is 14.5 Å². The molecule has 3 aromatic rings. The maximum atomic E-state index is 15.2. The monoisotopic (exact) mass is 588 g/mol. The second-order valence-corrected chi connectivity index (χ2v) is 11.3. The summed E-state index contributed by atoms with van der Waals surface area (Å²) in [6.45, 7) is 4.52. The normalized spacial score (nSPS) is 16.3. The molecule has 0 unspecified atom stereocenters. The fraction of sp³-hybridized carbons (Fsp3) is 0.419. The number of hydrogen-bond donors (Lipinski definition) is 0. The molecule has 0 atom stereocenters. The lowest BCUT2D eigenvalue weighted by Gasteiger charge is -2.36. The number of piperidine rings is 1. The zero-order valence-corrected chi connectivity index (χ0v) is 23.9. The summed E-state index contributed by atoms with van der Waals surface area (Å²) >= 11 is 0. The standard InChI is InChI=1S/C31H33F5N4O2/c1-18(2)40-27-16-20(15-25(33)30(27)42-17-28(40)41)29-23(31(34,35)36)7-6-21(37-29)13-19-5-8-26(24(32)14-19)39-11-9-22(10-12-39)38(3)4/h5-8,14-16,18,22H,9-13,17H2,1-4H3. The van der Waals surface area contributed by atoms with E-state index in [9.17, 15) is 18.0 Å². The number of carbonyl (C=O) groups excluding carboxylic acids is 1. The minimum atomic E-state index is -4.77. The number of aromatic nitrogens is 1. The van der Waals surface area contributed by atoms with Gasteiger partial charge < -0.3 is 19.4 Å². The van der Waals surface area contributed by atoms with Crippen LogP contribution in [-0.4, -0.2) is 61.7 Å². The molecule has 11 heteroatoms. The van der Waals surface area contributed by atoms with Crippen LogP contribution in [0.4, 0.5) is 33.3 Å². The number of amides is 1. The lowest BCUT2D eigenvalue weighted by Crippen LogP contribution is -2.43. The number of halogens is 5. The molecule has 0 aliphatic carbocycles. The quantitative estimate of drug-likeness (QED) is 0.317. The van der Waals surface area contributed by atoms with Crippen molar-refractivity contribution in [2.24, 2.45) is 0 Å². The molecule has 1 amide bonds. The molecule has 2 aliphatic rings. The van der Waals surface area contributed by atoms with Gasteiger partial charge in [-0.3, -0.25) is 9.78 Å². The van der Waals surface area contributed by atoms with E-state index in [1.54, 1.807) is 26.0 Å². The van der Waals surface area contributed by atoms with Crippen molar-refractivity contribution < 1.29 is 31.5 Å². The summed E-state index contributed by atoms with van der Waals surface area (Å²) in [6.07, 6.45) is -2.86. The van der Waals surface area contributed by atoms with Crippen LogP contribution in [0, 0.1) is 11.6 Å². The Labute approximate surface area is 241 Å². The van der Waals surface area contributed by atoms with E-state index >= 15 is 8.78 Å². The zero-order chi connectivity index (χ0) is 30.3. The van der Waals surface area contributed by atoms with Gasteiger partial charge in [0.25, 0.3) is 5.91 Å². The first kappa shape index (κ1) is 29.8. The maximum absolute atomic E-state index is 15.2. The molecule has 3 heterocycles. The van der Waals surface area contributed by atoms with Gasteiger partial charge in [-0.2, -0.15) is 13.2 Å². The lowest BCUT2D eigenvalue weighted by atomic mass is 10.00. The van der Waals surface area contributed by atoms with E-state index in [-0.39, 0.29) is 41.8 Å². The van der Waals surface area contributed by atoms with Gasteiger partial charge in [0.05, 0.1) is 22.6 Å². The fourth-order valence-electron chi connectivity index (χ4n) is 5.74. The summed E-state index contributed by atoms with van der Waals surface area (Å²) in [6, 6.07) is 9.27. The Balaban J connectivity index is 1.47. The van der Waals surface area contributed by atoms with Crippen LogP contribution in [0.15, 0.2) is 42.5 Å². The van der Waals surface area contributed by atoms with E-state index in [1.165, 1.54) is 23.1 Å². The Morgan fingerprint density at radius 1 is 1.00 bits per heavy atom. The number of nitrogens with zero attached hydrogens (tertiary/aromatic N) is 4. The molecule has 224 valence electrons. The first-order chi connectivity index (χ1) is 19.8. The second kappa shape index (κ2) is 11.5. The molecule has 0 radical (unpaired) electrons. The van der Waals surface area contributed by atoms with E-state index in [2.05, 4.69) is 9.88 Å². The van der Waals surface area contributed by atoms with Gasteiger partial charge >= 0.3 is 6.18 Å². The molecule has 0 saturated carbocycles. The summed E-state index contributed by atoms with van der Waals surface area (Å²) in [7, 11) is 4.07.